The van der Waals surface area contributed by atoms with Gasteiger partial charge in [-0.3, -0.25) is 24.0 Å². The zero-order valence-corrected chi connectivity index (χ0v) is 28.6. The molecule has 0 aliphatic carbocycles. The molecule has 5 N–H and O–H groups in total. The normalized spacial score (nSPS) is 25.4. The van der Waals surface area contributed by atoms with Gasteiger partial charge in [-0.05, 0) is 50.2 Å². The second-order valence-electron chi connectivity index (χ2n) is 11.6. The molecular weight excluding hydrogens is 622 g/mol. The summed E-state index contributed by atoms with van der Waals surface area (Å²) in [6.45, 7) is 5.42. The Morgan fingerprint density at radius 3 is 2.04 bits per heavy atom. The maximum absolute atomic E-state index is 13.4. The van der Waals surface area contributed by atoms with E-state index in [1.54, 1.807) is 13.8 Å². The topological polar surface area (TPSA) is 186 Å². The van der Waals surface area contributed by atoms with E-state index in [4.69, 9.17) is 0 Å². The minimum absolute atomic E-state index is 0.218. The van der Waals surface area contributed by atoms with E-state index in [0.717, 1.165) is 14.2 Å². The monoisotopic (exact) mass is 669 g/mol. The lowest BCUT2D eigenvalue weighted by Crippen LogP contribution is -2.60. The molecule has 1 aliphatic rings. The van der Waals surface area contributed by atoms with Crippen LogP contribution in [0, 0.1) is 5.92 Å². The third kappa shape index (κ3) is 11.6. The van der Waals surface area contributed by atoms with Crippen molar-refractivity contribution in [2.45, 2.75) is 70.7 Å². The van der Waals surface area contributed by atoms with E-state index in [9.17, 15) is 32.4 Å². The van der Waals surface area contributed by atoms with Crippen LogP contribution < -0.4 is 26.6 Å². The molecule has 0 saturated carbocycles. The molecule has 0 unspecified atom stereocenters. The highest BCUT2D eigenvalue weighted by Crippen LogP contribution is 2.12. The quantitative estimate of drug-likeness (QED) is 0.239. The van der Waals surface area contributed by atoms with Crippen LogP contribution >= 0.6 is 11.8 Å². The van der Waals surface area contributed by atoms with E-state index in [1.165, 1.54) is 39.7 Å². The molecule has 5 amide bonds. The van der Waals surface area contributed by atoms with Crippen LogP contribution in [0.25, 0.3) is 0 Å². The van der Waals surface area contributed by atoms with Crippen LogP contribution in [0.1, 0.15) is 39.7 Å². The number of amides is 5. The third-order valence-corrected chi connectivity index (χ3v) is 9.71. The van der Waals surface area contributed by atoms with Crippen molar-refractivity contribution in [3.63, 3.8) is 0 Å². The first-order chi connectivity index (χ1) is 21.1. The van der Waals surface area contributed by atoms with Gasteiger partial charge in [0.25, 0.3) is 10.2 Å². The second-order valence-corrected chi connectivity index (χ2v) is 14.7. The summed E-state index contributed by atoms with van der Waals surface area (Å²) in [5.74, 6) is -3.00. The van der Waals surface area contributed by atoms with Crippen molar-refractivity contribution >= 4 is 51.5 Å². The molecule has 1 fully saturated rings. The van der Waals surface area contributed by atoms with Gasteiger partial charge in [-0.15, -0.1) is 0 Å². The van der Waals surface area contributed by atoms with Gasteiger partial charge in [0.1, 0.15) is 24.2 Å². The number of thioether (sulfide) groups is 1. The fraction of sp³-hybridized carbons (Fsp3) is 0.621. The molecule has 252 valence electrons. The molecule has 1 aromatic carbocycles. The maximum Gasteiger partial charge on any atom is 0.282 e. The fourth-order valence-corrected chi connectivity index (χ4v) is 6.16. The Hall–Kier alpha value is -3.21. The van der Waals surface area contributed by atoms with Crippen molar-refractivity contribution < 1.29 is 32.4 Å². The van der Waals surface area contributed by atoms with Gasteiger partial charge < -0.3 is 26.6 Å². The van der Waals surface area contributed by atoms with Crippen LogP contribution in [0.4, 0.5) is 0 Å². The molecule has 1 aliphatic heterocycles. The van der Waals surface area contributed by atoms with Crippen LogP contribution in [0.3, 0.4) is 0 Å². The summed E-state index contributed by atoms with van der Waals surface area (Å²) in [6, 6.07) is 4.08. The smallest absolute Gasteiger partial charge is 0.282 e. The van der Waals surface area contributed by atoms with Gasteiger partial charge >= 0.3 is 0 Å². The highest BCUT2D eigenvalue weighted by Gasteiger charge is 2.34. The summed E-state index contributed by atoms with van der Waals surface area (Å²) >= 11 is 1.48. The molecule has 5 atom stereocenters. The predicted octanol–water partition coefficient (Wildman–Crippen LogP) is -0.776. The molecule has 1 saturated heterocycles. The van der Waals surface area contributed by atoms with E-state index < -0.39 is 76.5 Å². The summed E-state index contributed by atoms with van der Waals surface area (Å²) in [6.07, 6.45) is 2.35. The predicted molar refractivity (Wildman–Crippen MR) is 173 cm³/mol. The average Bonchev–Trinajstić information content (AvgIpc) is 2.96. The highest BCUT2D eigenvalue weighted by atomic mass is 32.2. The van der Waals surface area contributed by atoms with Crippen molar-refractivity contribution in [3.8, 4) is 0 Å². The maximum atomic E-state index is 13.4. The molecule has 0 aromatic heterocycles. The Kier molecular flexibility index (Phi) is 14.7. The average molecular weight is 670 g/mol. The van der Waals surface area contributed by atoms with Crippen molar-refractivity contribution in [1.82, 2.24) is 35.2 Å². The van der Waals surface area contributed by atoms with Crippen LogP contribution in [0.15, 0.2) is 30.3 Å². The second kappa shape index (κ2) is 17.5. The Bertz CT molecular complexity index is 1290. The van der Waals surface area contributed by atoms with Crippen molar-refractivity contribution in [3.05, 3.63) is 35.9 Å². The van der Waals surface area contributed by atoms with E-state index in [0.29, 0.717) is 5.75 Å². The Morgan fingerprint density at radius 1 is 0.867 bits per heavy atom. The summed E-state index contributed by atoms with van der Waals surface area (Å²) in [5, 5.41) is 13.4. The van der Waals surface area contributed by atoms with E-state index >= 15 is 0 Å². The lowest BCUT2D eigenvalue weighted by atomic mass is 10.0. The molecule has 1 aromatic rings. The molecule has 45 heavy (non-hydrogen) atoms. The van der Waals surface area contributed by atoms with Crippen molar-refractivity contribution in [1.29, 1.82) is 0 Å². The molecule has 0 bridgehead atoms. The zero-order valence-electron chi connectivity index (χ0n) is 27.0. The summed E-state index contributed by atoms with van der Waals surface area (Å²) in [4.78, 5) is 66.2. The standard InChI is InChI=1S/C29H47N7O7S2/c1-18(2)25-29(41)33-23(13-14-44-7)28(40)31-20(4)26(38)32-22(15-21-11-9-8-10-12-21)16-36(45(42,43)35(5)6)17-24(37)30-19(3)27(39)34-25/h8-12,18-20,22-23,25H,13-17H2,1-7H3,(H,30,37)(H,31,40)(H,32,38)(H,33,41)(H,34,39)/t19-,20+,22-,23+,25+/m1/s1. The lowest BCUT2D eigenvalue weighted by molar-refractivity contribution is -0.135. The zero-order chi connectivity index (χ0) is 33.9. The number of benzene rings is 1. The first-order valence-corrected chi connectivity index (χ1v) is 17.6. The number of nitrogens with one attached hydrogen (secondary N) is 5. The van der Waals surface area contributed by atoms with E-state index in [1.807, 2.05) is 36.6 Å². The molecular formula is C29H47N7O7S2. The SMILES string of the molecule is CSCC[C@@H]1NC(=O)[C@H](C(C)C)NC(=O)[C@@H](C)NC(=O)CN(S(=O)(=O)N(C)C)C[C@@H](Cc2ccccc2)NC(=O)[C@H](C)NC1=O. The largest absolute Gasteiger partial charge is 0.350 e. The molecule has 14 nitrogen and oxygen atoms in total. The number of rotatable bonds is 8. The summed E-state index contributed by atoms with van der Waals surface area (Å²) in [5.41, 5.74) is 0.804. The van der Waals surface area contributed by atoms with Gasteiger partial charge in [-0.1, -0.05) is 44.2 Å². The molecule has 2 rings (SSSR count). The molecule has 0 radical (unpaired) electrons. The van der Waals surface area contributed by atoms with E-state index in [-0.39, 0.29) is 25.3 Å². The number of hydrogen-bond donors (Lipinski definition) is 5. The number of hydrogen-bond acceptors (Lipinski definition) is 8. The van der Waals surface area contributed by atoms with Crippen LogP contribution in [0.5, 0.6) is 0 Å². The van der Waals surface area contributed by atoms with Crippen LogP contribution in [-0.4, -0.2) is 116 Å². The van der Waals surface area contributed by atoms with Crippen LogP contribution in [-0.2, 0) is 40.6 Å². The van der Waals surface area contributed by atoms with Crippen LogP contribution in [0.2, 0.25) is 0 Å². The Morgan fingerprint density at radius 2 is 1.47 bits per heavy atom. The first kappa shape index (κ1) is 38.0. The van der Waals surface area contributed by atoms with Gasteiger partial charge in [0.05, 0.1) is 6.54 Å². The minimum Gasteiger partial charge on any atom is -0.350 e. The highest BCUT2D eigenvalue weighted by molar-refractivity contribution is 7.98. The summed E-state index contributed by atoms with van der Waals surface area (Å²) in [7, 11) is -1.53. The first-order valence-electron chi connectivity index (χ1n) is 14.8. The number of nitrogens with zero attached hydrogens (tertiary/aromatic N) is 2. The van der Waals surface area contributed by atoms with Gasteiger partial charge in [0.15, 0.2) is 0 Å². The Balaban J connectivity index is 2.54. The van der Waals surface area contributed by atoms with Gasteiger partial charge in [-0.2, -0.15) is 28.8 Å². The fourth-order valence-electron chi connectivity index (χ4n) is 4.57. The molecule has 16 heteroatoms. The van der Waals surface area contributed by atoms with Gasteiger partial charge in [-0.25, -0.2) is 0 Å². The van der Waals surface area contributed by atoms with Crippen molar-refractivity contribution in [2.24, 2.45) is 5.92 Å². The Labute approximate surface area is 270 Å². The third-order valence-electron chi connectivity index (χ3n) is 7.22. The van der Waals surface area contributed by atoms with E-state index in [2.05, 4.69) is 26.6 Å². The van der Waals surface area contributed by atoms with Gasteiger partial charge in [0, 0.05) is 26.7 Å². The number of carbonyl (C=O) groups is 5. The minimum atomic E-state index is -4.17. The number of carbonyl (C=O) groups excluding carboxylic acids is 5. The lowest BCUT2D eigenvalue weighted by Gasteiger charge is -2.31. The van der Waals surface area contributed by atoms with Gasteiger partial charge in [0.2, 0.25) is 29.5 Å². The molecule has 1 heterocycles. The van der Waals surface area contributed by atoms with Crippen molar-refractivity contribution in [2.75, 3.05) is 39.2 Å². The molecule has 0 spiro atoms. The summed E-state index contributed by atoms with van der Waals surface area (Å²) < 4.78 is 28.6.